The third kappa shape index (κ3) is 4.25. The molecule has 0 bridgehead atoms. The predicted molar refractivity (Wildman–Crippen MR) is 125 cm³/mol. The van der Waals surface area contributed by atoms with Crippen molar-refractivity contribution in [3.63, 3.8) is 0 Å². The van der Waals surface area contributed by atoms with Gasteiger partial charge in [0.25, 0.3) is 5.91 Å². The van der Waals surface area contributed by atoms with Crippen molar-refractivity contribution >= 4 is 12.0 Å². The Morgan fingerprint density at radius 2 is 1.62 bits per heavy atom. The zero-order chi connectivity index (χ0) is 21.9. The third-order valence-corrected chi connectivity index (χ3v) is 6.38. The van der Waals surface area contributed by atoms with Gasteiger partial charge in [0.2, 0.25) is 5.75 Å². The number of nitrogens with zero attached hydrogens (tertiary/aromatic N) is 1. The third-order valence-electron chi connectivity index (χ3n) is 6.38. The van der Waals surface area contributed by atoms with Gasteiger partial charge in [-0.15, -0.1) is 0 Å². The molecule has 5 rings (SSSR count). The van der Waals surface area contributed by atoms with E-state index in [1.54, 1.807) is 6.08 Å². The normalized spacial score (nSPS) is 16.7. The Labute approximate surface area is 187 Å². The lowest BCUT2D eigenvalue weighted by atomic mass is 9.88. The van der Waals surface area contributed by atoms with Crippen LogP contribution in [0.2, 0.25) is 0 Å². The Hall–Kier alpha value is -3.57. The number of amides is 1. The summed E-state index contributed by atoms with van der Waals surface area (Å²) >= 11 is 0. The number of benzene rings is 3. The number of carbonyl (C=O) groups excluding carboxylic acids is 1. The molecule has 1 amide bonds. The number of carbonyl (C=O) groups is 1. The van der Waals surface area contributed by atoms with E-state index in [0.717, 1.165) is 31.5 Å². The molecular weight excluding hydrogens is 400 g/mol. The molecule has 3 aromatic carbocycles. The summed E-state index contributed by atoms with van der Waals surface area (Å²) in [4.78, 5) is 19.2. The van der Waals surface area contributed by atoms with Crippen molar-refractivity contribution in [2.24, 2.45) is 0 Å². The Kier molecular flexibility index (Phi) is 5.65. The van der Waals surface area contributed by atoms with Crippen LogP contribution in [0.25, 0.3) is 17.2 Å². The summed E-state index contributed by atoms with van der Waals surface area (Å²) in [7, 11) is 0. The molecule has 0 unspecified atom stereocenters. The second kappa shape index (κ2) is 8.89. The van der Waals surface area contributed by atoms with Crippen molar-refractivity contribution in [1.82, 2.24) is 10.4 Å². The minimum absolute atomic E-state index is 0.0907. The Bertz CT molecular complexity index is 1130. The first-order chi connectivity index (χ1) is 15.7. The molecule has 0 aliphatic carbocycles. The lowest BCUT2D eigenvalue weighted by Gasteiger charge is -2.32. The standard InChI is InChI=1S/C27H26N2O3/c30-25-13-12-23-10-11-24(26(31)27(23)32-28-25)18-29-16-14-22(15-17-29)21-8-6-20(7-9-21)19-4-2-1-3-5-19/h1-13,22,31H,14-18H2,(H,28,30). The highest BCUT2D eigenvalue weighted by Gasteiger charge is 2.23. The van der Waals surface area contributed by atoms with Gasteiger partial charge in [-0.3, -0.25) is 9.69 Å². The summed E-state index contributed by atoms with van der Waals surface area (Å²) < 4.78 is 0. The van der Waals surface area contributed by atoms with Gasteiger partial charge in [-0.1, -0.05) is 66.7 Å². The maximum atomic E-state index is 11.5. The molecular formula is C27H26N2O3. The quantitative estimate of drug-likeness (QED) is 0.625. The van der Waals surface area contributed by atoms with Gasteiger partial charge in [-0.2, -0.15) is 5.48 Å². The van der Waals surface area contributed by atoms with Crippen LogP contribution in [0, 0.1) is 0 Å². The highest BCUT2D eigenvalue weighted by Crippen LogP contribution is 2.37. The number of phenolic OH excluding ortho intramolecular Hbond substituents is 1. The smallest absolute Gasteiger partial charge is 0.276 e. The van der Waals surface area contributed by atoms with Gasteiger partial charge in [-0.05, 0) is 54.6 Å². The molecule has 2 aliphatic heterocycles. The minimum atomic E-state index is -0.346. The van der Waals surface area contributed by atoms with Gasteiger partial charge in [-0.25, -0.2) is 0 Å². The van der Waals surface area contributed by atoms with E-state index in [2.05, 4.69) is 58.9 Å². The maximum Gasteiger partial charge on any atom is 0.276 e. The van der Waals surface area contributed by atoms with E-state index in [1.165, 1.54) is 22.8 Å². The molecule has 0 radical (unpaired) electrons. The van der Waals surface area contributed by atoms with Crippen LogP contribution in [-0.4, -0.2) is 29.0 Å². The lowest BCUT2D eigenvalue weighted by Crippen LogP contribution is -2.32. The van der Waals surface area contributed by atoms with E-state index in [1.807, 2.05) is 18.2 Å². The summed E-state index contributed by atoms with van der Waals surface area (Å²) in [5, 5.41) is 10.7. The lowest BCUT2D eigenvalue weighted by molar-refractivity contribution is -0.122. The van der Waals surface area contributed by atoms with E-state index in [0.29, 0.717) is 23.8 Å². The van der Waals surface area contributed by atoms with Crippen molar-refractivity contribution in [2.75, 3.05) is 13.1 Å². The van der Waals surface area contributed by atoms with Crippen LogP contribution in [0.1, 0.15) is 35.4 Å². The van der Waals surface area contributed by atoms with E-state index < -0.39 is 0 Å². The molecule has 32 heavy (non-hydrogen) atoms. The molecule has 1 saturated heterocycles. The van der Waals surface area contributed by atoms with E-state index >= 15 is 0 Å². The zero-order valence-corrected chi connectivity index (χ0v) is 17.8. The first-order valence-electron chi connectivity index (χ1n) is 11.0. The second-order valence-corrected chi connectivity index (χ2v) is 8.43. The van der Waals surface area contributed by atoms with Crippen LogP contribution in [-0.2, 0) is 11.3 Å². The van der Waals surface area contributed by atoms with Crippen LogP contribution in [0.5, 0.6) is 11.5 Å². The number of piperidine rings is 1. The van der Waals surface area contributed by atoms with Crippen LogP contribution < -0.4 is 10.3 Å². The average molecular weight is 427 g/mol. The minimum Gasteiger partial charge on any atom is -0.504 e. The largest absolute Gasteiger partial charge is 0.504 e. The first kappa shape index (κ1) is 20.3. The number of hydrogen-bond acceptors (Lipinski definition) is 4. The van der Waals surface area contributed by atoms with Crippen LogP contribution in [0.4, 0.5) is 0 Å². The van der Waals surface area contributed by atoms with Gasteiger partial charge >= 0.3 is 0 Å². The molecule has 1 fully saturated rings. The van der Waals surface area contributed by atoms with Gasteiger partial charge < -0.3 is 9.94 Å². The first-order valence-corrected chi connectivity index (χ1v) is 11.0. The van der Waals surface area contributed by atoms with Gasteiger partial charge in [0.1, 0.15) is 0 Å². The monoisotopic (exact) mass is 426 g/mol. The topological polar surface area (TPSA) is 61.8 Å². The summed E-state index contributed by atoms with van der Waals surface area (Å²) in [6.45, 7) is 2.60. The van der Waals surface area contributed by atoms with Crippen molar-refractivity contribution in [2.45, 2.75) is 25.3 Å². The molecule has 5 heteroatoms. The summed E-state index contributed by atoms with van der Waals surface area (Å²) in [5.41, 5.74) is 7.69. The highest BCUT2D eigenvalue weighted by molar-refractivity contribution is 5.92. The fourth-order valence-corrected chi connectivity index (χ4v) is 4.54. The summed E-state index contributed by atoms with van der Waals surface area (Å²) in [6.07, 6.45) is 5.22. The number of likely N-dealkylation sites (tertiary alicyclic amines) is 1. The number of fused-ring (bicyclic) bond motifs is 1. The zero-order valence-electron chi connectivity index (χ0n) is 17.8. The van der Waals surface area contributed by atoms with Crippen molar-refractivity contribution in [3.8, 4) is 22.6 Å². The predicted octanol–water partition coefficient (Wildman–Crippen LogP) is 4.88. The Morgan fingerprint density at radius 1 is 0.906 bits per heavy atom. The number of hydroxylamine groups is 1. The fraction of sp³-hybridized carbons (Fsp3) is 0.222. The molecule has 2 aliphatic rings. The molecule has 5 nitrogen and oxygen atoms in total. The number of phenols is 1. The van der Waals surface area contributed by atoms with E-state index in [-0.39, 0.29) is 11.7 Å². The molecule has 0 spiro atoms. The number of aromatic hydroxyl groups is 1. The molecule has 0 saturated carbocycles. The number of hydrogen-bond donors (Lipinski definition) is 2. The van der Waals surface area contributed by atoms with Crippen LogP contribution >= 0.6 is 0 Å². The number of rotatable bonds is 4. The van der Waals surface area contributed by atoms with Crippen molar-refractivity contribution < 1.29 is 14.7 Å². The average Bonchev–Trinajstić information content (AvgIpc) is 3.04. The number of nitrogens with one attached hydrogen (secondary N) is 1. The van der Waals surface area contributed by atoms with Crippen molar-refractivity contribution in [3.05, 3.63) is 89.5 Å². The molecule has 2 heterocycles. The molecule has 2 N–H and O–H groups in total. The molecule has 0 atom stereocenters. The van der Waals surface area contributed by atoms with Gasteiger partial charge in [0.05, 0.1) is 0 Å². The van der Waals surface area contributed by atoms with Crippen LogP contribution in [0.3, 0.4) is 0 Å². The SMILES string of the molecule is O=C1C=Cc2ccc(CN3CCC(c4ccc(-c5ccccc5)cc4)CC3)c(O)c2ON1. The van der Waals surface area contributed by atoms with Gasteiger partial charge in [0.15, 0.2) is 5.75 Å². The van der Waals surface area contributed by atoms with E-state index in [4.69, 9.17) is 4.84 Å². The fourth-order valence-electron chi connectivity index (χ4n) is 4.54. The molecule has 0 aromatic heterocycles. The second-order valence-electron chi connectivity index (χ2n) is 8.43. The molecule has 162 valence electrons. The Balaban J connectivity index is 1.21. The van der Waals surface area contributed by atoms with Crippen LogP contribution in [0.15, 0.2) is 72.8 Å². The maximum absolute atomic E-state index is 11.5. The van der Waals surface area contributed by atoms with Crippen molar-refractivity contribution in [1.29, 1.82) is 0 Å². The van der Waals surface area contributed by atoms with E-state index in [9.17, 15) is 9.90 Å². The summed E-state index contributed by atoms with van der Waals surface area (Å²) in [6, 6.07) is 23.2. The Morgan fingerprint density at radius 3 is 2.38 bits per heavy atom. The highest BCUT2D eigenvalue weighted by atomic mass is 16.7. The summed E-state index contributed by atoms with van der Waals surface area (Å²) in [5.74, 6) is 0.604. The van der Waals surface area contributed by atoms with Gasteiger partial charge in [0, 0.05) is 23.7 Å². The molecule has 3 aromatic rings.